The van der Waals surface area contributed by atoms with Crippen LogP contribution < -0.4 is 5.63 Å². The van der Waals surface area contributed by atoms with E-state index in [-0.39, 0.29) is 17.6 Å². The Morgan fingerprint density at radius 1 is 0.800 bits per heavy atom. The van der Waals surface area contributed by atoms with Gasteiger partial charge in [0.1, 0.15) is 11.3 Å². The molecule has 0 saturated heterocycles. The molecule has 1 aliphatic rings. The maximum absolute atomic E-state index is 13.2. The molecular weight excluding hydrogens is 500 g/mol. The maximum Gasteiger partial charge on any atom is 0.343 e. The monoisotopic (exact) mass is 522 g/mol. The van der Waals surface area contributed by atoms with Crippen molar-refractivity contribution < 1.29 is 9.52 Å². The molecule has 0 radical (unpaired) electrons. The van der Waals surface area contributed by atoms with E-state index in [9.17, 15) is 9.90 Å². The lowest BCUT2D eigenvalue weighted by molar-refractivity contribution is 0.437. The van der Waals surface area contributed by atoms with Gasteiger partial charge in [0.15, 0.2) is 0 Å². The standard InChI is InChI=1S/C31H23BrO3/c32-22-15-13-19(14-16-22)23-8-3-4-10-25(23)21-17-20-7-1-2-9-24(20)27(18-21)29-30(33)26-11-5-6-12-28(26)35-31(29)34/h1-16,21,27,33H,17-18H2. The Kier molecular flexibility index (Phi) is 5.54. The van der Waals surface area contributed by atoms with Crippen molar-refractivity contribution >= 4 is 26.9 Å². The summed E-state index contributed by atoms with van der Waals surface area (Å²) in [5, 5.41) is 11.8. The summed E-state index contributed by atoms with van der Waals surface area (Å²) in [7, 11) is 0. The largest absolute Gasteiger partial charge is 0.507 e. The molecule has 6 rings (SSSR count). The first-order valence-corrected chi connectivity index (χ1v) is 12.6. The van der Waals surface area contributed by atoms with Crippen LogP contribution >= 0.6 is 15.9 Å². The first-order valence-electron chi connectivity index (χ1n) is 11.8. The van der Waals surface area contributed by atoms with Crippen LogP contribution in [0.15, 0.2) is 111 Å². The molecule has 0 fully saturated rings. The van der Waals surface area contributed by atoms with Crippen LogP contribution in [0.2, 0.25) is 0 Å². The van der Waals surface area contributed by atoms with Crippen molar-refractivity contribution in [2.45, 2.75) is 24.7 Å². The number of hydrogen-bond donors (Lipinski definition) is 1. The second kappa shape index (κ2) is 8.86. The molecule has 2 unspecified atom stereocenters. The Labute approximate surface area is 211 Å². The van der Waals surface area contributed by atoms with E-state index in [0.29, 0.717) is 23.0 Å². The molecule has 3 nitrogen and oxygen atoms in total. The minimum Gasteiger partial charge on any atom is -0.507 e. The van der Waals surface area contributed by atoms with Gasteiger partial charge in [0.05, 0.1) is 10.9 Å². The Balaban J connectivity index is 1.51. The molecule has 0 bridgehead atoms. The van der Waals surface area contributed by atoms with Crippen LogP contribution in [0.25, 0.3) is 22.1 Å². The molecule has 0 saturated carbocycles. The SMILES string of the molecule is O=c1oc2ccccc2c(O)c1C1CC(c2ccccc2-c2ccc(Br)cc2)Cc2ccccc21. The molecule has 5 aromatic rings. The molecule has 0 aliphatic heterocycles. The van der Waals surface area contributed by atoms with Gasteiger partial charge >= 0.3 is 5.63 Å². The zero-order valence-corrected chi connectivity index (χ0v) is 20.5. The summed E-state index contributed by atoms with van der Waals surface area (Å²) >= 11 is 3.53. The molecule has 0 amide bonds. The first kappa shape index (κ1) is 21.9. The third-order valence-corrected chi connectivity index (χ3v) is 7.67. The van der Waals surface area contributed by atoms with E-state index in [0.717, 1.165) is 22.0 Å². The van der Waals surface area contributed by atoms with Gasteiger partial charge in [-0.2, -0.15) is 0 Å². The number of fused-ring (bicyclic) bond motifs is 2. The van der Waals surface area contributed by atoms with Gasteiger partial charge in [-0.25, -0.2) is 4.79 Å². The summed E-state index contributed by atoms with van der Waals surface area (Å²) in [5.74, 6) is -0.0534. The van der Waals surface area contributed by atoms with Gasteiger partial charge in [0.2, 0.25) is 0 Å². The molecule has 2 atom stereocenters. The van der Waals surface area contributed by atoms with Crippen molar-refractivity contribution in [2.75, 3.05) is 0 Å². The third-order valence-electron chi connectivity index (χ3n) is 7.14. The van der Waals surface area contributed by atoms with Crippen LogP contribution in [0, 0.1) is 0 Å². The average Bonchev–Trinajstić information content (AvgIpc) is 2.89. The fourth-order valence-electron chi connectivity index (χ4n) is 5.53. The Morgan fingerprint density at radius 3 is 2.31 bits per heavy atom. The highest BCUT2D eigenvalue weighted by Crippen LogP contribution is 2.47. The molecule has 1 N–H and O–H groups in total. The van der Waals surface area contributed by atoms with Crippen LogP contribution in [0.4, 0.5) is 0 Å². The average molecular weight is 523 g/mol. The van der Waals surface area contributed by atoms with Crippen LogP contribution in [0.5, 0.6) is 5.75 Å². The lowest BCUT2D eigenvalue weighted by Gasteiger charge is -2.33. The van der Waals surface area contributed by atoms with Gasteiger partial charge in [-0.3, -0.25) is 0 Å². The molecule has 4 aromatic carbocycles. The normalized spacial score (nSPS) is 17.3. The van der Waals surface area contributed by atoms with Gasteiger partial charge in [-0.05, 0) is 70.8 Å². The predicted octanol–water partition coefficient (Wildman–Crippen LogP) is 7.79. The van der Waals surface area contributed by atoms with Crippen LogP contribution in [-0.2, 0) is 6.42 Å². The van der Waals surface area contributed by atoms with Crippen LogP contribution in [0.3, 0.4) is 0 Å². The maximum atomic E-state index is 13.2. The van der Waals surface area contributed by atoms with E-state index in [1.807, 2.05) is 18.2 Å². The van der Waals surface area contributed by atoms with E-state index >= 15 is 0 Å². The molecule has 1 heterocycles. The number of rotatable bonds is 3. The van der Waals surface area contributed by atoms with Crippen molar-refractivity contribution in [3.8, 4) is 16.9 Å². The second-order valence-electron chi connectivity index (χ2n) is 9.13. The smallest absolute Gasteiger partial charge is 0.343 e. The lowest BCUT2D eigenvalue weighted by Crippen LogP contribution is -2.23. The van der Waals surface area contributed by atoms with E-state index in [4.69, 9.17) is 4.42 Å². The number of halogens is 1. The highest BCUT2D eigenvalue weighted by molar-refractivity contribution is 9.10. The van der Waals surface area contributed by atoms with Gasteiger partial charge in [-0.1, -0.05) is 88.7 Å². The number of para-hydroxylation sites is 1. The van der Waals surface area contributed by atoms with E-state index in [1.54, 1.807) is 18.2 Å². The second-order valence-corrected chi connectivity index (χ2v) is 10.0. The molecule has 4 heteroatoms. The molecule has 35 heavy (non-hydrogen) atoms. The molecule has 1 aromatic heterocycles. The van der Waals surface area contributed by atoms with Gasteiger partial charge < -0.3 is 9.52 Å². The van der Waals surface area contributed by atoms with Gasteiger partial charge in [-0.15, -0.1) is 0 Å². The van der Waals surface area contributed by atoms with Crippen molar-refractivity contribution in [3.05, 3.63) is 134 Å². The van der Waals surface area contributed by atoms with E-state index in [2.05, 4.69) is 76.6 Å². The highest BCUT2D eigenvalue weighted by atomic mass is 79.9. The van der Waals surface area contributed by atoms with Gasteiger partial charge in [0.25, 0.3) is 0 Å². The van der Waals surface area contributed by atoms with Crippen molar-refractivity contribution in [3.63, 3.8) is 0 Å². The molecule has 1 aliphatic carbocycles. The highest BCUT2D eigenvalue weighted by Gasteiger charge is 2.34. The predicted molar refractivity (Wildman–Crippen MR) is 143 cm³/mol. The molecular formula is C31H23BrO3. The third kappa shape index (κ3) is 3.88. The Hall–Kier alpha value is -3.63. The number of hydrogen-bond acceptors (Lipinski definition) is 3. The summed E-state index contributed by atoms with van der Waals surface area (Å²) < 4.78 is 6.71. The zero-order valence-electron chi connectivity index (χ0n) is 18.9. The quantitative estimate of drug-likeness (QED) is 0.246. The van der Waals surface area contributed by atoms with Crippen LogP contribution in [-0.4, -0.2) is 5.11 Å². The van der Waals surface area contributed by atoms with Crippen molar-refractivity contribution in [2.24, 2.45) is 0 Å². The minimum absolute atomic E-state index is 0.0264. The summed E-state index contributed by atoms with van der Waals surface area (Å²) in [6.45, 7) is 0. The van der Waals surface area contributed by atoms with E-state index < -0.39 is 5.63 Å². The summed E-state index contributed by atoms with van der Waals surface area (Å²) in [4.78, 5) is 13.2. The molecule has 0 spiro atoms. The first-order chi connectivity index (χ1) is 17.1. The topological polar surface area (TPSA) is 50.4 Å². The zero-order chi connectivity index (χ0) is 23.9. The minimum atomic E-state index is -0.470. The summed E-state index contributed by atoms with van der Waals surface area (Å²) in [6, 6.07) is 32.3. The Bertz CT molecular complexity index is 1600. The van der Waals surface area contributed by atoms with Crippen LogP contribution in [0.1, 0.15) is 40.5 Å². The van der Waals surface area contributed by atoms with E-state index in [1.165, 1.54) is 16.7 Å². The van der Waals surface area contributed by atoms with Crippen molar-refractivity contribution in [1.82, 2.24) is 0 Å². The van der Waals surface area contributed by atoms with Gasteiger partial charge in [0, 0.05) is 10.4 Å². The number of benzene rings is 4. The fourth-order valence-corrected chi connectivity index (χ4v) is 5.80. The fraction of sp³-hybridized carbons (Fsp3) is 0.129. The number of aromatic hydroxyl groups is 1. The summed E-state index contributed by atoms with van der Waals surface area (Å²) in [6.07, 6.45) is 1.58. The summed E-state index contributed by atoms with van der Waals surface area (Å²) in [5.41, 5.74) is 6.17. The molecule has 172 valence electrons. The van der Waals surface area contributed by atoms with Crippen molar-refractivity contribution in [1.29, 1.82) is 0 Å². The Morgan fingerprint density at radius 2 is 1.49 bits per heavy atom. The lowest BCUT2D eigenvalue weighted by atomic mass is 9.71.